The van der Waals surface area contributed by atoms with Crippen LogP contribution in [0.2, 0.25) is 0 Å². The molecule has 0 fully saturated rings. The molecule has 0 N–H and O–H groups in total. The summed E-state index contributed by atoms with van der Waals surface area (Å²) in [6.07, 6.45) is 1.87. The molecule has 8 rings (SSSR count). The van der Waals surface area contributed by atoms with Crippen LogP contribution in [-0.2, 0) is 10.8 Å². The third-order valence-electron chi connectivity index (χ3n) is 9.94. The normalized spacial score (nSPS) is 13.5. The molecule has 0 unspecified atom stereocenters. The molecule has 3 heterocycles. The maximum Gasteiger partial charge on any atom is 0.137 e. The fourth-order valence-corrected chi connectivity index (χ4v) is 7.12. The summed E-state index contributed by atoms with van der Waals surface area (Å²) >= 11 is 0. The van der Waals surface area contributed by atoms with Gasteiger partial charge in [-0.3, -0.25) is 4.57 Å². The number of anilines is 4. The summed E-state index contributed by atoms with van der Waals surface area (Å²) in [4.78, 5) is 9.60. The highest BCUT2D eigenvalue weighted by molar-refractivity contribution is 6.09. The summed E-state index contributed by atoms with van der Waals surface area (Å²) in [5.74, 6) is 0.931. The lowest BCUT2D eigenvalue weighted by Crippen LogP contribution is -2.25. The molecule has 1 aliphatic heterocycles. The van der Waals surface area contributed by atoms with Gasteiger partial charge in [0.2, 0.25) is 0 Å². The van der Waals surface area contributed by atoms with Crippen LogP contribution in [-0.4, -0.2) is 16.2 Å². The zero-order valence-electron chi connectivity index (χ0n) is 27.8. The van der Waals surface area contributed by atoms with Crippen LogP contribution in [0.5, 0.6) is 0 Å². The van der Waals surface area contributed by atoms with Gasteiger partial charge in [-0.2, -0.15) is 0 Å². The molecule has 47 heavy (non-hydrogen) atoms. The van der Waals surface area contributed by atoms with Crippen molar-refractivity contribution in [2.24, 2.45) is 0 Å². The second-order valence-corrected chi connectivity index (χ2v) is 14.2. The Bertz CT molecular complexity index is 2240. The van der Waals surface area contributed by atoms with Crippen molar-refractivity contribution >= 4 is 44.6 Å². The second-order valence-electron chi connectivity index (χ2n) is 14.2. The summed E-state index contributed by atoms with van der Waals surface area (Å²) in [6.45, 7) is 12.2. The predicted octanol–water partition coefficient (Wildman–Crippen LogP) is 11.0. The first-order chi connectivity index (χ1) is 22.7. The number of para-hydroxylation sites is 3. The number of rotatable bonds is 5. The van der Waals surface area contributed by atoms with Crippen molar-refractivity contribution in [3.8, 4) is 5.82 Å². The largest absolute Gasteiger partial charge is 0.321 e. The molecule has 4 heteroatoms. The fraction of sp³-hybridized carbons (Fsp3) is 0.186. The van der Waals surface area contributed by atoms with E-state index in [4.69, 9.17) is 4.98 Å². The van der Waals surface area contributed by atoms with Crippen molar-refractivity contribution in [2.45, 2.75) is 45.4 Å². The molecule has 1 aliphatic rings. The Morgan fingerprint density at radius 1 is 0.511 bits per heavy atom. The molecule has 2 aromatic heterocycles. The van der Waals surface area contributed by atoms with Crippen molar-refractivity contribution in [2.75, 3.05) is 16.5 Å². The van der Waals surface area contributed by atoms with Gasteiger partial charge in [-0.15, -0.1) is 0 Å². The molecule has 0 bridgehead atoms. The van der Waals surface area contributed by atoms with Crippen molar-refractivity contribution in [3.63, 3.8) is 0 Å². The molecule has 4 nitrogen and oxygen atoms in total. The van der Waals surface area contributed by atoms with Gasteiger partial charge >= 0.3 is 0 Å². The first-order valence-corrected chi connectivity index (χ1v) is 16.5. The van der Waals surface area contributed by atoms with Crippen molar-refractivity contribution < 1.29 is 0 Å². The van der Waals surface area contributed by atoms with Gasteiger partial charge < -0.3 is 9.80 Å². The molecular weight excluding hydrogens is 573 g/mol. The Kier molecular flexibility index (Phi) is 6.73. The Hall–Kier alpha value is -5.35. The number of fused-ring (bicyclic) bond motifs is 4. The lowest BCUT2D eigenvalue weighted by atomic mass is 9.77. The van der Waals surface area contributed by atoms with E-state index < -0.39 is 0 Å². The van der Waals surface area contributed by atoms with Crippen LogP contribution in [0.1, 0.15) is 51.3 Å². The topological polar surface area (TPSA) is 24.3 Å². The summed E-state index contributed by atoms with van der Waals surface area (Å²) in [6, 6.07) is 48.6. The minimum absolute atomic E-state index is 0.125. The average molecular weight is 613 g/mol. The molecule has 0 spiro atoms. The van der Waals surface area contributed by atoms with Crippen LogP contribution in [0.4, 0.5) is 22.7 Å². The Labute approximate surface area is 277 Å². The monoisotopic (exact) mass is 612 g/mol. The molecule has 5 aromatic carbocycles. The van der Waals surface area contributed by atoms with Gasteiger partial charge in [0, 0.05) is 33.8 Å². The quantitative estimate of drug-likeness (QED) is 0.193. The molecule has 0 aliphatic carbocycles. The van der Waals surface area contributed by atoms with Gasteiger partial charge in [-0.05, 0) is 82.8 Å². The van der Waals surface area contributed by atoms with Crippen LogP contribution < -0.4 is 9.80 Å². The van der Waals surface area contributed by atoms with E-state index >= 15 is 0 Å². The molecule has 0 atom stereocenters. The van der Waals surface area contributed by atoms with E-state index in [9.17, 15) is 0 Å². The second kappa shape index (κ2) is 10.9. The molecule has 0 saturated heterocycles. The highest BCUT2D eigenvalue weighted by Gasteiger charge is 2.30. The van der Waals surface area contributed by atoms with E-state index in [1.807, 2.05) is 12.3 Å². The number of nitrogens with zero attached hydrogens (tertiary/aromatic N) is 4. The first kappa shape index (κ1) is 29.1. The number of hydrogen-bond acceptors (Lipinski definition) is 3. The van der Waals surface area contributed by atoms with Crippen LogP contribution >= 0.6 is 0 Å². The minimum atomic E-state index is -0.239. The van der Waals surface area contributed by atoms with Gasteiger partial charge in [0.1, 0.15) is 12.5 Å². The van der Waals surface area contributed by atoms with Crippen LogP contribution in [0.15, 0.2) is 140 Å². The number of benzene rings is 5. The molecule has 0 radical (unpaired) electrons. The summed E-state index contributed by atoms with van der Waals surface area (Å²) < 4.78 is 2.30. The number of aromatic nitrogens is 2. The average Bonchev–Trinajstić information content (AvgIpc) is 3.65. The predicted molar refractivity (Wildman–Crippen MR) is 198 cm³/mol. The highest BCUT2D eigenvalue weighted by Crippen LogP contribution is 2.45. The van der Waals surface area contributed by atoms with E-state index in [1.165, 1.54) is 61.2 Å². The SMILES string of the molecule is CC(C)(C)c1ccc(N2CN(c3cccc(C(C)(C)c4ccc5c6ccccc6n(-c6ccccn6)c5c4)c3)c3ccccc32)cc1. The van der Waals surface area contributed by atoms with Gasteiger partial charge in [-0.25, -0.2) is 4.98 Å². The Morgan fingerprint density at radius 2 is 1.15 bits per heavy atom. The van der Waals surface area contributed by atoms with Gasteiger partial charge in [0.25, 0.3) is 0 Å². The summed E-state index contributed by atoms with van der Waals surface area (Å²) in [7, 11) is 0. The Morgan fingerprint density at radius 3 is 1.87 bits per heavy atom. The first-order valence-electron chi connectivity index (χ1n) is 16.5. The molecule has 7 aromatic rings. The molecule has 0 amide bonds. The Balaban J connectivity index is 1.18. The van der Waals surface area contributed by atoms with Crippen LogP contribution in [0.25, 0.3) is 27.6 Å². The van der Waals surface area contributed by atoms with E-state index in [0.29, 0.717) is 0 Å². The summed E-state index contributed by atoms with van der Waals surface area (Å²) in [5, 5.41) is 2.48. The number of hydrogen-bond donors (Lipinski definition) is 0. The number of pyridine rings is 1. The van der Waals surface area contributed by atoms with E-state index in [0.717, 1.165) is 12.5 Å². The maximum absolute atomic E-state index is 4.74. The smallest absolute Gasteiger partial charge is 0.137 e. The molecule has 0 saturated carbocycles. The molecule has 232 valence electrons. The van der Waals surface area contributed by atoms with Crippen molar-refractivity contribution in [3.05, 3.63) is 156 Å². The lowest BCUT2D eigenvalue weighted by molar-refractivity contribution is 0.590. The third kappa shape index (κ3) is 4.87. The zero-order valence-corrected chi connectivity index (χ0v) is 27.8. The van der Waals surface area contributed by atoms with Gasteiger partial charge in [-0.1, -0.05) is 107 Å². The zero-order chi connectivity index (χ0) is 32.3. The van der Waals surface area contributed by atoms with E-state index in [-0.39, 0.29) is 10.8 Å². The van der Waals surface area contributed by atoms with E-state index in [1.54, 1.807) is 0 Å². The van der Waals surface area contributed by atoms with Crippen LogP contribution in [0.3, 0.4) is 0 Å². The fourth-order valence-electron chi connectivity index (χ4n) is 7.12. The van der Waals surface area contributed by atoms with Gasteiger partial charge in [0.15, 0.2) is 0 Å². The third-order valence-corrected chi connectivity index (χ3v) is 9.94. The van der Waals surface area contributed by atoms with Crippen molar-refractivity contribution in [1.82, 2.24) is 9.55 Å². The minimum Gasteiger partial charge on any atom is -0.321 e. The lowest BCUT2D eigenvalue weighted by Gasteiger charge is -2.29. The van der Waals surface area contributed by atoms with Crippen molar-refractivity contribution in [1.29, 1.82) is 0 Å². The highest BCUT2D eigenvalue weighted by atomic mass is 15.4. The maximum atomic E-state index is 4.74. The molecular formula is C43H40N4. The summed E-state index contributed by atoms with van der Waals surface area (Å²) in [5.41, 5.74) is 11.0. The van der Waals surface area contributed by atoms with E-state index in [2.05, 4.69) is 176 Å². The van der Waals surface area contributed by atoms with Gasteiger partial charge in [0.05, 0.1) is 22.4 Å². The van der Waals surface area contributed by atoms with Crippen LogP contribution in [0, 0.1) is 0 Å². The standard InChI is InChI=1S/C43H40N4/c1-42(2,3)30-20-23-33(24-21-30)45-29-46(39-18-9-8-17-38(39)45)34-14-12-13-31(27-34)43(4,5)32-22-25-36-35-15-6-7-16-37(35)47(40(36)28-32)41-19-10-11-26-44-41/h6-28H,29H2,1-5H3.